The Balaban J connectivity index is 1.78. The van der Waals surface area contributed by atoms with Crippen LogP contribution in [0.5, 0.6) is 0 Å². The number of carboxylic acid groups (broad SMARTS) is 1. The molecule has 35 heavy (non-hydrogen) atoms. The lowest BCUT2D eigenvalue weighted by Gasteiger charge is -2.11. The van der Waals surface area contributed by atoms with Crippen molar-refractivity contribution in [2.24, 2.45) is 5.73 Å². The third-order valence-electron chi connectivity index (χ3n) is 5.65. The predicted octanol–water partition coefficient (Wildman–Crippen LogP) is 4.56. The molecule has 0 aliphatic heterocycles. The van der Waals surface area contributed by atoms with Crippen LogP contribution in [0.4, 0.5) is 10.8 Å². The number of hydrogen-bond donors (Lipinski definition) is 3. The summed E-state index contributed by atoms with van der Waals surface area (Å²) in [5.41, 5.74) is 7.27. The standard InChI is InChI=1S/C24H17N5O5S/c25-22(30)14-3-6-18(21(10-14)29(33)34)28-19-9-13(12-27-24-26-7-8-35-24)1-4-16(19)17-5-2-15(23(31)32)11-20(17)28/h1-11H,12H2,(H2,25,30)(H,26,27)(H,31,32). The minimum Gasteiger partial charge on any atom is -0.478 e. The number of carboxylic acids is 1. The Morgan fingerprint density at radius 1 is 1.06 bits per heavy atom. The van der Waals surface area contributed by atoms with Crippen molar-refractivity contribution in [1.82, 2.24) is 9.55 Å². The number of benzene rings is 3. The van der Waals surface area contributed by atoms with Crippen LogP contribution in [0.25, 0.3) is 27.5 Å². The molecule has 10 nitrogen and oxygen atoms in total. The van der Waals surface area contributed by atoms with Crippen LogP contribution < -0.4 is 11.1 Å². The largest absolute Gasteiger partial charge is 0.478 e. The Kier molecular flexibility index (Phi) is 5.38. The molecule has 5 rings (SSSR count). The van der Waals surface area contributed by atoms with Gasteiger partial charge in [-0.15, -0.1) is 11.3 Å². The Morgan fingerprint density at radius 2 is 1.77 bits per heavy atom. The molecule has 0 spiro atoms. The number of carbonyl (C=O) groups excluding carboxylic acids is 1. The van der Waals surface area contributed by atoms with E-state index in [2.05, 4.69) is 10.3 Å². The van der Waals surface area contributed by atoms with Crippen molar-refractivity contribution in [3.05, 3.63) is 93.0 Å². The molecular formula is C24H17N5O5S. The van der Waals surface area contributed by atoms with Crippen LogP contribution in [0.3, 0.4) is 0 Å². The van der Waals surface area contributed by atoms with E-state index in [1.54, 1.807) is 16.8 Å². The molecule has 2 heterocycles. The lowest BCUT2D eigenvalue weighted by Crippen LogP contribution is -2.12. The topological polar surface area (TPSA) is 153 Å². The highest BCUT2D eigenvalue weighted by molar-refractivity contribution is 7.13. The molecule has 11 heteroatoms. The van der Waals surface area contributed by atoms with E-state index in [0.717, 1.165) is 27.5 Å². The molecule has 3 aromatic carbocycles. The molecule has 0 aliphatic carbocycles. The fourth-order valence-corrected chi connectivity index (χ4v) is 4.59. The number of nitro benzene ring substituents is 1. The van der Waals surface area contributed by atoms with Gasteiger partial charge in [-0.25, -0.2) is 9.78 Å². The summed E-state index contributed by atoms with van der Waals surface area (Å²) in [5, 5.41) is 28.9. The number of amides is 1. The molecule has 174 valence electrons. The summed E-state index contributed by atoms with van der Waals surface area (Å²) in [7, 11) is 0. The highest BCUT2D eigenvalue weighted by Crippen LogP contribution is 2.36. The molecule has 2 aromatic heterocycles. The molecule has 0 saturated heterocycles. The summed E-state index contributed by atoms with van der Waals surface area (Å²) in [4.78, 5) is 38.9. The number of anilines is 1. The van der Waals surface area contributed by atoms with Gasteiger partial charge in [0.25, 0.3) is 5.69 Å². The maximum atomic E-state index is 12.0. The molecule has 0 unspecified atom stereocenters. The van der Waals surface area contributed by atoms with Crippen molar-refractivity contribution in [3.8, 4) is 5.69 Å². The van der Waals surface area contributed by atoms with Gasteiger partial charge in [0.15, 0.2) is 5.13 Å². The van der Waals surface area contributed by atoms with Gasteiger partial charge in [-0.2, -0.15) is 0 Å². The van der Waals surface area contributed by atoms with Crippen molar-refractivity contribution in [1.29, 1.82) is 0 Å². The lowest BCUT2D eigenvalue weighted by molar-refractivity contribution is -0.384. The first-order valence-electron chi connectivity index (χ1n) is 10.4. The monoisotopic (exact) mass is 487 g/mol. The van der Waals surface area contributed by atoms with Gasteiger partial charge in [0.1, 0.15) is 5.69 Å². The molecule has 0 bridgehead atoms. The number of thiazole rings is 1. The smallest absolute Gasteiger partial charge is 0.335 e. The molecule has 0 fully saturated rings. The first kappa shape index (κ1) is 22.0. The van der Waals surface area contributed by atoms with E-state index < -0.39 is 16.8 Å². The Bertz CT molecular complexity index is 1640. The average molecular weight is 487 g/mol. The first-order valence-corrected chi connectivity index (χ1v) is 11.2. The number of nitrogens with one attached hydrogen (secondary N) is 1. The maximum Gasteiger partial charge on any atom is 0.335 e. The van der Waals surface area contributed by atoms with E-state index in [4.69, 9.17) is 5.73 Å². The molecule has 1 amide bonds. The van der Waals surface area contributed by atoms with Gasteiger partial charge in [0.2, 0.25) is 5.91 Å². The van der Waals surface area contributed by atoms with Crippen molar-refractivity contribution in [2.45, 2.75) is 6.54 Å². The maximum absolute atomic E-state index is 12.0. The SMILES string of the molecule is NC(=O)c1ccc(-n2c3cc(CNc4nccs4)ccc3c3ccc(C(=O)O)cc32)c([N+](=O)[O-])c1. The molecular weight excluding hydrogens is 470 g/mol. The molecule has 4 N–H and O–H groups in total. The predicted molar refractivity (Wildman–Crippen MR) is 132 cm³/mol. The highest BCUT2D eigenvalue weighted by atomic mass is 32.1. The fraction of sp³-hybridized carbons (Fsp3) is 0.0417. The number of primary amides is 1. The normalized spacial score (nSPS) is 11.1. The molecule has 0 atom stereocenters. The second kappa shape index (κ2) is 8.54. The number of fused-ring (bicyclic) bond motifs is 3. The number of aromatic carboxylic acids is 1. The summed E-state index contributed by atoms with van der Waals surface area (Å²) in [6.07, 6.45) is 1.70. The molecule has 5 aromatic rings. The van der Waals surface area contributed by atoms with E-state index in [0.29, 0.717) is 17.6 Å². The van der Waals surface area contributed by atoms with Crippen LogP contribution in [0.1, 0.15) is 26.3 Å². The second-order valence-corrected chi connectivity index (χ2v) is 8.63. The van der Waals surface area contributed by atoms with Gasteiger partial charge >= 0.3 is 5.97 Å². The Labute approximate surface area is 201 Å². The first-order chi connectivity index (χ1) is 16.8. The molecule has 0 aliphatic rings. The lowest BCUT2D eigenvalue weighted by atomic mass is 10.1. The van der Waals surface area contributed by atoms with Gasteiger partial charge in [0.05, 0.1) is 21.5 Å². The number of carbonyl (C=O) groups is 2. The number of hydrogen-bond acceptors (Lipinski definition) is 7. The van der Waals surface area contributed by atoms with Crippen LogP contribution >= 0.6 is 11.3 Å². The number of aromatic nitrogens is 2. The molecule has 0 radical (unpaired) electrons. The van der Waals surface area contributed by atoms with Crippen molar-refractivity contribution < 1.29 is 19.6 Å². The van der Waals surface area contributed by atoms with E-state index in [1.807, 2.05) is 23.6 Å². The number of nitrogens with two attached hydrogens (primary N) is 1. The Hall–Kier alpha value is -4.77. The van der Waals surface area contributed by atoms with E-state index in [9.17, 15) is 24.8 Å². The van der Waals surface area contributed by atoms with Crippen molar-refractivity contribution in [2.75, 3.05) is 5.32 Å². The summed E-state index contributed by atoms with van der Waals surface area (Å²) >= 11 is 1.47. The van der Waals surface area contributed by atoms with Crippen LogP contribution in [-0.4, -0.2) is 31.5 Å². The minimum absolute atomic E-state index is 0.000721. The Morgan fingerprint density at radius 3 is 2.43 bits per heavy atom. The van der Waals surface area contributed by atoms with Gasteiger partial charge in [-0.05, 0) is 35.9 Å². The number of nitrogens with zero attached hydrogens (tertiary/aromatic N) is 3. The van der Waals surface area contributed by atoms with Crippen LogP contribution in [0.15, 0.2) is 66.2 Å². The summed E-state index contributed by atoms with van der Waals surface area (Å²) < 4.78 is 1.65. The highest BCUT2D eigenvalue weighted by Gasteiger charge is 2.23. The van der Waals surface area contributed by atoms with E-state index >= 15 is 0 Å². The third-order valence-corrected chi connectivity index (χ3v) is 6.38. The summed E-state index contributed by atoms with van der Waals surface area (Å²) in [6, 6.07) is 14.4. The van der Waals surface area contributed by atoms with E-state index in [1.165, 1.54) is 35.6 Å². The minimum atomic E-state index is -1.12. The van der Waals surface area contributed by atoms with Crippen LogP contribution in [-0.2, 0) is 6.54 Å². The average Bonchev–Trinajstić information content (AvgIpc) is 3.47. The van der Waals surface area contributed by atoms with Gasteiger partial charge in [0, 0.05) is 40.5 Å². The number of rotatable bonds is 7. The van der Waals surface area contributed by atoms with Crippen molar-refractivity contribution in [3.63, 3.8) is 0 Å². The summed E-state index contributed by atoms with van der Waals surface area (Å²) in [5.74, 6) is -1.90. The molecule has 0 saturated carbocycles. The number of nitro groups is 1. The quantitative estimate of drug-likeness (QED) is 0.225. The van der Waals surface area contributed by atoms with E-state index in [-0.39, 0.29) is 22.5 Å². The van der Waals surface area contributed by atoms with Crippen LogP contribution in [0, 0.1) is 10.1 Å². The van der Waals surface area contributed by atoms with Gasteiger partial charge in [-0.1, -0.05) is 18.2 Å². The third kappa shape index (κ3) is 3.93. The van der Waals surface area contributed by atoms with Crippen LogP contribution in [0.2, 0.25) is 0 Å². The zero-order valence-corrected chi connectivity index (χ0v) is 18.8. The second-order valence-electron chi connectivity index (χ2n) is 7.74. The summed E-state index contributed by atoms with van der Waals surface area (Å²) in [6.45, 7) is 0.466. The fourth-order valence-electron chi connectivity index (χ4n) is 4.07. The van der Waals surface area contributed by atoms with Gasteiger partial charge in [-0.3, -0.25) is 14.9 Å². The van der Waals surface area contributed by atoms with Crippen molar-refractivity contribution >= 4 is 55.8 Å². The zero-order valence-electron chi connectivity index (χ0n) is 18.0. The van der Waals surface area contributed by atoms with Gasteiger partial charge < -0.3 is 20.7 Å². The zero-order chi connectivity index (χ0) is 24.7.